The Morgan fingerprint density at radius 3 is 2.00 bits per heavy atom. The SMILES string of the molecule is FC(F)(F)c1ccc(C=Cc2ccc(COc3ccc(CCCCn4ccnn4)cc3)cc2)cc1. The molecule has 0 aliphatic heterocycles. The molecule has 0 saturated heterocycles. The molecule has 7 heteroatoms. The third-order valence-corrected chi connectivity index (χ3v) is 5.59. The summed E-state index contributed by atoms with van der Waals surface area (Å²) in [5.74, 6) is 0.822. The van der Waals surface area contributed by atoms with E-state index < -0.39 is 11.7 Å². The van der Waals surface area contributed by atoms with Crippen molar-refractivity contribution in [3.8, 4) is 5.75 Å². The maximum absolute atomic E-state index is 12.7. The molecule has 0 saturated carbocycles. The third kappa shape index (κ3) is 7.57. The quantitative estimate of drug-likeness (QED) is 0.181. The minimum atomic E-state index is -4.32. The first-order chi connectivity index (χ1) is 17.0. The molecule has 180 valence electrons. The number of nitrogens with zero attached hydrogens (tertiary/aromatic N) is 3. The molecule has 0 bridgehead atoms. The molecule has 0 aliphatic rings. The minimum absolute atomic E-state index is 0.458. The van der Waals surface area contributed by atoms with Crippen molar-refractivity contribution in [1.29, 1.82) is 0 Å². The molecular weight excluding hydrogens is 451 g/mol. The van der Waals surface area contributed by atoms with Crippen molar-refractivity contribution >= 4 is 12.2 Å². The van der Waals surface area contributed by atoms with Crippen molar-refractivity contribution in [2.75, 3.05) is 0 Å². The number of halogens is 3. The summed E-state index contributed by atoms with van der Waals surface area (Å²) < 4.78 is 45.7. The van der Waals surface area contributed by atoms with Crippen LogP contribution in [0.25, 0.3) is 12.2 Å². The summed E-state index contributed by atoms with van der Waals surface area (Å²) in [6.07, 6.45) is 6.06. The summed E-state index contributed by atoms with van der Waals surface area (Å²) >= 11 is 0. The van der Waals surface area contributed by atoms with Gasteiger partial charge < -0.3 is 4.74 Å². The van der Waals surface area contributed by atoms with Gasteiger partial charge in [0.2, 0.25) is 0 Å². The van der Waals surface area contributed by atoms with Gasteiger partial charge >= 0.3 is 6.18 Å². The van der Waals surface area contributed by atoms with Gasteiger partial charge in [0.25, 0.3) is 0 Å². The van der Waals surface area contributed by atoms with Crippen molar-refractivity contribution in [2.24, 2.45) is 0 Å². The van der Waals surface area contributed by atoms with Gasteiger partial charge in [-0.3, -0.25) is 4.68 Å². The standard InChI is InChI=1S/C28H26F3N3O/c29-28(30,31)26-14-10-24(11-15-26)5-4-23-6-8-25(9-7-23)21-35-27-16-12-22(13-17-27)3-1-2-19-34-20-18-32-33-34/h4-18,20H,1-3,19,21H2. The predicted octanol–water partition coefficient (Wildman–Crippen LogP) is 7.07. The number of aryl methyl sites for hydroxylation is 2. The lowest BCUT2D eigenvalue weighted by molar-refractivity contribution is -0.137. The second-order valence-corrected chi connectivity index (χ2v) is 8.25. The Balaban J connectivity index is 1.21. The highest BCUT2D eigenvalue weighted by atomic mass is 19.4. The fourth-order valence-electron chi connectivity index (χ4n) is 3.57. The van der Waals surface area contributed by atoms with Crippen molar-refractivity contribution in [2.45, 2.75) is 38.6 Å². The highest BCUT2D eigenvalue weighted by Gasteiger charge is 2.29. The molecule has 0 unspecified atom stereocenters. The van der Waals surface area contributed by atoms with Crippen LogP contribution in [0.3, 0.4) is 0 Å². The van der Waals surface area contributed by atoms with Crippen LogP contribution in [-0.2, 0) is 25.7 Å². The number of alkyl halides is 3. The van der Waals surface area contributed by atoms with E-state index in [1.807, 2.05) is 53.4 Å². The Labute approximate surface area is 202 Å². The van der Waals surface area contributed by atoms with Gasteiger partial charge in [-0.2, -0.15) is 13.2 Å². The average Bonchev–Trinajstić information content (AvgIpc) is 3.39. The molecule has 0 atom stereocenters. The molecule has 1 heterocycles. The van der Waals surface area contributed by atoms with E-state index >= 15 is 0 Å². The number of unbranched alkanes of at least 4 members (excludes halogenated alkanes) is 1. The van der Waals surface area contributed by atoms with E-state index in [-0.39, 0.29) is 0 Å². The summed E-state index contributed by atoms with van der Waals surface area (Å²) in [5.41, 5.74) is 3.34. The van der Waals surface area contributed by atoms with Crippen molar-refractivity contribution in [3.05, 3.63) is 113 Å². The molecule has 0 aliphatic carbocycles. The number of benzene rings is 3. The largest absolute Gasteiger partial charge is 0.489 e. The normalized spacial score (nSPS) is 11.7. The van der Waals surface area contributed by atoms with E-state index in [0.717, 1.165) is 54.8 Å². The monoisotopic (exact) mass is 477 g/mol. The Hall–Kier alpha value is -3.87. The van der Waals surface area contributed by atoms with Crippen LogP contribution in [0.5, 0.6) is 5.75 Å². The predicted molar refractivity (Wildman–Crippen MR) is 131 cm³/mol. The molecule has 4 nitrogen and oxygen atoms in total. The van der Waals surface area contributed by atoms with Crippen LogP contribution in [0.2, 0.25) is 0 Å². The summed E-state index contributed by atoms with van der Waals surface area (Å²) in [6, 6.07) is 21.2. The van der Waals surface area contributed by atoms with Gasteiger partial charge in [0.05, 0.1) is 11.8 Å². The summed E-state index contributed by atoms with van der Waals surface area (Å²) in [6.45, 7) is 1.34. The maximum atomic E-state index is 12.7. The van der Waals surface area contributed by atoms with Gasteiger partial charge in [0.1, 0.15) is 12.4 Å². The van der Waals surface area contributed by atoms with Crippen LogP contribution in [-0.4, -0.2) is 15.0 Å². The van der Waals surface area contributed by atoms with Gasteiger partial charge in [-0.25, -0.2) is 0 Å². The lowest BCUT2D eigenvalue weighted by Crippen LogP contribution is -2.03. The van der Waals surface area contributed by atoms with Gasteiger partial charge in [0.15, 0.2) is 0 Å². The number of aromatic nitrogens is 3. The molecule has 0 radical (unpaired) electrons. The van der Waals surface area contributed by atoms with Crippen LogP contribution in [0.1, 0.15) is 40.7 Å². The van der Waals surface area contributed by atoms with Crippen LogP contribution in [0, 0.1) is 0 Å². The molecule has 0 amide bonds. The molecule has 4 rings (SSSR count). The molecule has 3 aromatic carbocycles. The molecule has 0 N–H and O–H groups in total. The lowest BCUT2D eigenvalue weighted by atomic mass is 10.1. The fourth-order valence-corrected chi connectivity index (χ4v) is 3.57. The number of ether oxygens (including phenoxy) is 1. The number of hydrogen-bond donors (Lipinski definition) is 0. The Morgan fingerprint density at radius 2 is 1.40 bits per heavy atom. The van der Waals surface area contributed by atoms with E-state index in [9.17, 15) is 13.2 Å². The highest BCUT2D eigenvalue weighted by Crippen LogP contribution is 2.29. The van der Waals surface area contributed by atoms with Gasteiger partial charge in [-0.15, -0.1) is 5.10 Å². The number of rotatable bonds is 10. The molecule has 0 spiro atoms. The topological polar surface area (TPSA) is 39.9 Å². The second kappa shape index (κ2) is 11.5. The Morgan fingerprint density at radius 1 is 0.771 bits per heavy atom. The first-order valence-electron chi connectivity index (χ1n) is 11.5. The summed E-state index contributed by atoms with van der Waals surface area (Å²) in [4.78, 5) is 0. The van der Waals surface area contributed by atoms with E-state index in [1.54, 1.807) is 12.3 Å². The second-order valence-electron chi connectivity index (χ2n) is 8.25. The van der Waals surface area contributed by atoms with E-state index in [4.69, 9.17) is 4.74 Å². The average molecular weight is 478 g/mol. The van der Waals surface area contributed by atoms with Crippen LogP contribution in [0.4, 0.5) is 13.2 Å². The maximum Gasteiger partial charge on any atom is 0.416 e. The van der Waals surface area contributed by atoms with Crippen LogP contribution in [0.15, 0.2) is 85.2 Å². The van der Waals surface area contributed by atoms with E-state index in [2.05, 4.69) is 22.4 Å². The van der Waals surface area contributed by atoms with Crippen LogP contribution < -0.4 is 4.74 Å². The zero-order valence-corrected chi connectivity index (χ0v) is 19.2. The van der Waals surface area contributed by atoms with Gasteiger partial charge in [-0.05, 0) is 65.8 Å². The summed E-state index contributed by atoms with van der Waals surface area (Å²) in [5, 5.41) is 7.78. The minimum Gasteiger partial charge on any atom is -0.489 e. The van der Waals surface area contributed by atoms with E-state index in [0.29, 0.717) is 12.2 Å². The van der Waals surface area contributed by atoms with Crippen molar-refractivity contribution < 1.29 is 17.9 Å². The molecule has 4 aromatic rings. The molecule has 0 fully saturated rings. The van der Waals surface area contributed by atoms with E-state index in [1.165, 1.54) is 17.7 Å². The molecule has 35 heavy (non-hydrogen) atoms. The zero-order valence-electron chi connectivity index (χ0n) is 19.2. The zero-order chi connectivity index (χ0) is 24.5. The Bertz CT molecular complexity index is 1200. The Kier molecular flexibility index (Phi) is 7.98. The van der Waals surface area contributed by atoms with Gasteiger partial charge in [0, 0.05) is 12.7 Å². The molecule has 1 aromatic heterocycles. The fraction of sp³-hybridized carbons (Fsp3) is 0.214. The number of hydrogen-bond acceptors (Lipinski definition) is 3. The molecular formula is C28H26F3N3O. The first-order valence-corrected chi connectivity index (χ1v) is 11.5. The van der Waals surface area contributed by atoms with Crippen LogP contribution >= 0.6 is 0 Å². The summed E-state index contributed by atoms with van der Waals surface area (Å²) in [7, 11) is 0. The first kappa shape index (κ1) is 24.3. The smallest absolute Gasteiger partial charge is 0.416 e. The van der Waals surface area contributed by atoms with Crippen molar-refractivity contribution in [1.82, 2.24) is 15.0 Å². The van der Waals surface area contributed by atoms with Crippen molar-refractivity contribution in [3.63, 3.8) is 0 Å². The lowest BCUT2D eigenvalue weighted by Gasteiger charge is -2.08. The highest BCUT2D eigenvalue weighted by molar-refractivity contribution is 5.69. The van der Waals surface area contributed by atoms with Gasteiger partial charge in [-0.1, -0.05) is 65.9 Å². The third-order valence-electron chi connectivity index (χ3n) is 5.59.